The topological polar surface area (TPSA) is 37.8 Å². The molecule has 3 aromatic rings. The Bertz CT molecular complexity index is 691. The van der Waals surface area contributed by atoms with Gasteiger partial charge in [-0.15, -0.1) is 11.3 Å². The molecule has 4 heteroatoms. The van der Waals surface area contributed by atoms with Crippen molar-refractivity contribution < 1.29 is 0 Å². The fourth-order valence-corrected chi connectivity index (χ4v) is 2.95. The van der Waals surface area contributed by atoms with Gasteiger partial charge in [0.15, 0.2) is 0 Å². The molecule has 3 rings (SSSR count). The van der Waals surface area contributed by atoms with Crippen LogP contribution in [0.4, 0.5) is 5.82 Å². The summed E-state index contributed by atoms with van der Waals surface area (Å²) in [6.07, 6.45) is 1.86. The molecule has 2 aromatic heterocycles. The van der Waals surface area contributed by atoms with Crippen molar-refractivity contribution in [2.45, 2.75) is 19.8 Å². The molecule has 0 aliphatic heterocycles. The van der Waals surface area contributed by atoms with Crippen LogP contribution in [0.3, 0.4) is 0 Å². The van der Waals surface area contributed by atoms with E-state index in [2.05, 4.69) is 57.9 Å². The summed E-state index contributed by atoms with van der Waals surface area (Å²) in [5.41, 5.74) is 1.34. The van der Waals surface area contributed by atoms with Crippen LogP contribution >= 0.6 is 11.3 Å². The summed E-state index contributed by atoms with van der Waals surface area (Å²) in [5, 5.41) is 6.65. The minimum absolute atomic E-state index is 0.862. The van der Waals surface area contributed by atoms with Crippen molar-refractivity contribution >= 4 is 27.4 Å². The quantitative estimate of drug-likeness (QED) is 0.771. The van der Waals surface area contributed by atoms with Crippen LogP contribution in [0.25, 0.3) is 10.2 Å². The highest BCUT2D eigenvalue weighted by Crippen LogP contribution is 2.25. The molecular weight excluding hydrogens is 266 g/mol. The summed E-state index contributed by atoms with van der Waals surface area (Å²) >= 11 is 1.67. The summed E-state index contributed by atoms with van der Waals surface area (Å²) in [6, 6.07) is 12.6. The van der Waals surface area contributed by atoms with Crippen molar-refractivity contribution in [3.05, 3.63) is 53.2 Å². The summed E-state index contributed by atoms with van der Waals surface area (Å²) in [5.74, 6) is 1.87. The van der Waals surface area contributed by atoms with Gasteiger partial charge in [-0.3, -0.25) is 0 Å². The number of hydrogen-bond acceptors (Lipinski definition) is 4. The molecule has 0 aliphatic carbocycles. The Balaban J connectivity index is 1.75. The number of benzene rings is 1. The molecule has 20 heavy (non-hydrogen) atoms. The van der Waals surface area contributed by atoms with E-state index in [0.29, 0.717) is 0 Å². The van der Waals surface area contributed by atoms with Gasteiger partial charge in [-0.05, 0) is 23.4 Å². The Morgan fingerprint density at radius 2 is 1.95 bits per heavy atom. The van der Waals surface area contributed by atoms with Crippen molar-refractivity contribution in [1.29, 1.82) is 0 Å². The molecule has 0 spiro atoms. The van der Waals surface area contributed by atoms with Gasteiger partial charge in [0.1, 0.15) is 16.5 Å². The molecule has 3 nitrogen and oxygen atoms in total. The van der Waals surface area contributed by atoms with Gasteiger partial charge in [0.25, 0.3) is 0 Å². The zero-order chi connectivity index (χ0) is 13.8. The van der Waals surface area contributed by atoms with E-state index < -0.39 is 0 Å². The molecule has 0 bridgehead atoms. The summed E-state index contributed by atoms with van der Waals surface area (Å²) in [7, 11) is 0. The maximum absolute atomic E-state index is 4.61. The predicted molar refractivity (Wildman–Crippen MR) is 85.4 cm³/mol. The van der Waals surface area contributed by atoms with E-state index >= 15 is 0 Å². The first-order chi connectivity index (χ1) is 9.86. The lowest BCUT2D eigenvalue weighted by molar-refractivity contribution is 0.947. The molecule has 0 aliphatic rings. The fraction of sp³-hybridized carbons (Fsp3) is 0.250. The number of rotatable bonds is 5. The molecule has 0 fully saturated rings. The smallest absolute Gasteiger partial charge is 0.138 e. The van der Waals surface area contributed by atoms with Gasteiger partial charge in [-0.1, -0.05) is 37.3 Å². The third-order valence-corrected chi connectivity index (χ3v) is 4.04. The normalized spacial score (nSPS) is 10.8. The van der Waals surface area contributed by atoms with E-state index in [4.69, 9.17) is 0 Å². The van der Waals surface area contributed by atoms with Crippen molar-refractivity contribution in [2.24, 2.45) is 0 Å². The number of aromatic nitrogens is 2. The van der Waals surface area contributed by atoms with Gasteiger partial charge in [0, 0.05) is 13.0 Å². The lowest BCUT2D eigenvalue weighted by Gasteiger charge is -2.08. The molecule has 102 valence electrons. The zero-order valence-electron chi connectivity index (χ0n) is 11.5. The van der Waals surface area contributed by atoms with Crippen LogP contribution in [0, 0.1) is 0 Å². The lowest BCUT2D eigenvalue weighted by atomic mass is 10.1. The Morgan fingerprint density at radius 1 is 1.10 bits per heavy atom. The number of hydrogen-bond donors (Lipinski definition) is 1. The monoisotopic (exact) mass is 283 g/mol. The minimum Gasteiger partial charge on any atom is -0.369 e. The van der Waals surface area contributed by atoms with Gasteiger partial charge >= 0.3 is 0 Å². The number of nitrogens with zero attached hydrogens (tertiary/aromatic N) is 2. The Hall–Kier alpha value is -1.94. The number of anilines is 1. The second kappa shape index (κ2) is 6.01. The van der Waals surface area contributed by atoms with Gasteiger partial charge in [0.05, 0.1) is 5.39 Å². The number of aryl methyl sites for hydroxylation is 1. The van der Waals surface area contributed by atoms with Crippen molar-refractivity contribution in [3.8, 4) is 0 Å². The first kappa shape index (κ1) is 13.1. The Labute approximate surface area is 122 Å². The van der Waals surface area contributed by atoms with Gasteiger partial charge in [-0.2, -0.15) is 0 Å². The van der Waals surface area contributed by atoms with Crippen LogP contribution in [0.5, 0.6) is 0 Å². The van der Waals surface area contributed by atoms with Gasteiger partial charge < -0.3 is 5.32 Å². The minimum atomic E-state index is 0.862. The van der Waals surface area contributed by atoms with Gasteiger partial charge in [-0.25, -0.2) is 9.97 Å². The standard InChI is InChI=1S/C16H17N3S/c1-2-14-18-15(13-9-11-20-16(13)19-14)17-10-8-12-6-4-3-5-7-12/h3-7,9,11H,2,8,10H2,1H3,(H,17,18,19). The van der Waals surface area contributed by atoms with Crippen molar-refractivity contribution in [2.75, 3.05) is 11.9 Å². The van der Waals surface area contributed by atoms with E-state index in [1.807, 2.05) is 6.07 Å². The zero-order valence-corrected chi connectivity index (χ0v) is 12.3. The van der Waals surface area contributed by atoms with E-state index in [1.165, 1.54) is 5.56 Å². The highest BCUT2D eigenvalue weighted by Gasteiger charge is 2.07. The van der Waals surface area contributed by atoms with Crippen LogP contribution in [0.1, 0.15) is 18.3 Å². The fourth-order valence-electron chi connectivity index (χ4n) is 2.16. The van der Waals surface area contributed by atoms with Crippen LogP contribution in [0.15, 0.2) is 41.8 Å². The molecule has 0 radical (unpaired) electrons. The van der Waals surface area contributed by atoms with Crippen LogP contribution < -0.4 is 5.32 Å². The second-order valence-electron chi connectivity index (χ2n) is 4.64. The summed E-state index contributed by atoms with van der Waals surface area (Å²) in [4.78, 5) is 10.2. The molecule has 0 saturated carbocycles. The lowest BCUT2D eigenvalue weighted by Crippen LogP contribution is -2.08. The highest BCUT2D eigenvalue weighted by molar-refractivity contribution is 7.16. The van der Waals surface area contributed by atoms with Crippen molar-refractivity contribution in [3.63, 3.8) is 0 Å². The van der Waals surface area contributed by atoms with Crippen LogP contribution in [-0.4, -0.2) is 16.5 Å². The Kier molecular flexibility index (Phi) is 3.92. The van der Waals surface area contributed by atoms with E-state index in [0.717, 1.165) is 41.2 Å². The molecule has 0 atom stereocenters. The van der Waals surface area contributed by atoms with E-state index in [-0.39, 0.29) is 0 Å². The van der Waals surface area contributed by atoms with Gasteiger partial charge in [0.2, 0.25) is 0 Å². The largest absolute Gasteiger partial charge is 0.369 e. The average Bonchev–Trinajstić information content (AvgIpc) is 2.96. The predicted octanol–water partition coefficient (Wildman–Crippen LogP) is 3.91. The average molecular weight is 283 g/mol. The molecule has 2 heterocycles. The third-order valence-electron chi connectivity index (χ3n) is 3.24. The van der Waals surface area contributed by atoms with Crippen molar-refractivity contribution in [1.82, 2.24) is 9.97 Å². The summed E-state index contributed by atoms with van der Waals surface area (Å²) < 4.78 is 0. The second-order valence-corrected chi connectivity index (χ2v) is 5.54. The molecule has 1 aromatic carbocycles. The third kappa shape index (κ3) is 2.80. The molecule has 1 N–H and O–H groups in total. The molecule has 0 amide bonds. The number of fused-ring (bicyclic) bond motifs is 1. The molecule has 0 saturated heterocycles. The number of nitrogens with one attached hydrogen (secondary N) is 1. The van der Waals surface area contributed by atoms with Crippen LogP contribution in [0.2, 0.25) is 0 Å². The highest BCUT2D eigenvalue weighted by atomic mass is 32.1. The first-order valence-corrected chi connectivity index (χ1v) is 7.76. The molecule has 0 unspecified atom stereocenters. The number of thiophene rings is 1. The maximum Gasteiger partial charge on any atom is 0.138 e. The first-order valence-electron chi connectivity index (χ1n) is 6.88. The Morgan fingerprint density at radius 3 is 2.75 bits per heavy atom. The maximum atomic E-state index is 4.61. The molecular formula is C16H17N3S. The summed E-state index contributed by atoms with van der Waals surface area (Å²) in [6.45, 7) is 2.97. The van der Waals surface area contributed by atoms with Crippen LogP contribution in [-0.2, 0) is 12.8 Å². The van der Waals surface area contributed by atoms with E-state index in [1.54, 1.807) is 11.3 Å². The SMILES string of the molecule is CCc1nc(NCCc2ccccc2)c2ccsc2n1. The van der Waals surface area contributed by atoms with E-state index in [9.17, 15) is 0 Å².